The Bertz CT molecular complexity index is 915. The van der Waals surface area contributed by atoms with Crippen molar-refractivity contribution in [2.45, 2.75) is 26.9 Å². The van der Waals surface area contributed by atoms with E-state index in [4.69, 9.17) is 23.8 Å². The van der Waals surface area contributed by atoms with Crippen molar-refractivity contribution in [3.8, 4) is 0 Å². The van der Waals surface area contributed by atoms with Crippen LogP contribution in [0.15, 0.2) is 36.7 Å². The Kier molecular flexibility index (Phi) is 5.53. The molecule has 0 spiro atoms. The first-order valence-corrected chi connectivity index (χ1v) is 8.83. The number of nitrogens with zero attached hydrogens (tertiary/aromatic N) is 4. The van der Waals surface area contributed by atoms with Gasteiger partial charge in [-0.2, -0.15) is 10.2 Å². The third-order valence-corrected chi connectivity index (χ3v) is 4.47. The highest BCUT2D eigenvalue weighted by molar-refractivity contribution is 7.80. The fraction of sp³-hybridized carbons (Fsp3) is 0.235. The molecule has 0 radical (unpaired) electrons. The van der Waals surface area contributed by atoms with Crippen molar-refractivity contribution in [1.29, 1.82) is 0 Å². The second kappa shape index (κ2) is 7.84. The number of benzene rings is 1. The molecular weight excluding hydrogens is 375 g/mol. The summed E-state index contributed by atoms with van der Waals surface area (Å²) >= 11 is 11.4. The van der Waals surface area contributed by atoms with Gasteiger partial charge in [-0.25, -0.2) is 4.39 Å². The molecule has 6 nitrogen and oxygen atoms in total. The van der Waals surface area contributed by atoms with Crippen molar-refractivity contribution in [2.75, 3.05) is 10.6 Å². The summed E-state index contributed by atoms with van der Waals surface area (Å²) in [5.41, 5.74) is 2.23. The van der Waals surface area contributed by atoms with E-state index in [9.17, 15) is 4.39 Å². The van der Waals surface area contributed by atoms with Gasteiger partial charge in [0.15, 0.2) is 10.9 Å². The number of hydrogen-bond donors (Lipinski definition) is 2. The van der Waals surface area contributed by atoms with E-state index in [1.54, 1.807) is 35.3 Å². The lowest BCUT2D eigenvalue weighted by Crippen LogP contribution is -2.20. The third-order valence-electron chi connectivity index (χ3n) is 3.91. The lowest BCUT2D eigenvalue weighted by atomic mass is 10.2. The maximum atomic E-state index is 13.9. The molecule has 2 aromatic heterocycles. The van der Waals surface area contributed by atoms with E-state index in [0.717, 1.165) is 17.9 Å². The molecule has 9 heteroatoms. The highest BCUT2D eigenvalue weighted by atomic mass is 35.5. The molecule has 26 heavy (non-hydrogen) atoms. The minimum absolute atomic E-state index is 0.232. The zero-order valence-corrected chi connectivity index (χ0v) is 15.9. The summed E-state index contributed by atoms with van der Waals surface area (Å²) in [5.74, 6) is 0.193. The average Bonchev–Trinajstić information content (AvgIpc) is 3.18. The van der Waals surface area contributed by atoms with Crippen molar-refractivity contribution in [2.24, 2.45) is 0 Å². The van der Waals surface area contributed by atoms with Crippen LogP contribution in [0.4, 0.5) is 15.9 Å². The smallest absolute Gasteiger partial charge is 0.176 e. The summed E-state index contributed by atoms with van der Waals surface area (Å²) in [6.07, 6.45) is 3.46. The molecule has 0 bridgehead atoms. The van der Waals surface area contributed by atoms with Crippen LogP contribution in [0.1, 0.15) is 18.2 Å². The zero-order chi connectivity index (χ0) is 18.7. The van der Waals surface area contributed by atoms with Gasteiger partial charge in [-0.3, -0.25) is 9.36 Å². The fourth-order valence-electron chi connectivity index (χ4n) is 2.52. The maximum Gasteiger partial charge on any atom is 0.176 e. The number of nitrogens with one attached hydrogen (secondary N) is 2. The Morgan fingerprint density at radius 1 is 1.31 bits per heavy atom. The van der Waals surface area contributed by atoms with Crippen molar-refractivity contribution in [3.05, 3.63) is 58.8 Å². The van der Waals surface area contributed by atoms with Gasteiger partial charge in [0.2, 0.25) is 0 Å². The molecule has 0 saturated heterocycles. The molecule has 2 heterocycles. The Morgan fingerprint density at radius 2 is 2.12 bits per heavy atom. The minimum atomic E-state index is -0.358. The molecule has 0 amide bonds. The van der Waals surface area contributed by atoms with Crippen LogP contribution in [0.25, 0.3) is 0 Å². The van der Waals surface area contributed by atoms with Crippen molar-refractivity contribution >= 4 is 40.4 Å². The summed E-state index contributed by atoms with van der Waals surface area (Å²) in [7, 11) is 0. The molecule has 1 aromatic carbocycles. The largest absolute Gasteiger partial charge is 0.330 e. The SMILES string of the molecule is CCn1ncc(NC(=S)Nc2ccn(Cc3c(F)cccc3Cl)n2)c1C. The molecule has 3 rings (SSSR count). The van der Waals surface area contributed by atoms with Crippen LogP contribution in [0, 0.1) is 12.7 Å². The lowest BCUT2D eigenvalue weighted by Gasteiger charge is -2.09. The van der Waals surface area contributed by atoms with E-state index < -0.39 is 0 Å². The van der Waals surface area contributed by atoms with Crippen LogP contribution >= 0.6 is 23.8 Å². The number of aromatic nitrogens is 4. The van der Waals surface area contributed by atoms with Gasteiger partial charge in [-0.15, -0.1) is 0 Å². The van der Waals surface area contributed by atoms with Crippen molar-refractivity contribution in [3.63, 3.8) is 0 Å². The van der Waals surface area contributed by atoms with E-state index in [2.05, 4.69) is 20.8 Å². The Morgan fingerprint density at radius 3 is 2.81 bits per heavy atom. The molecule has 0 saturated carbocycles. The number of aryl methyl sites for hydroxylation is 1. The second-order valence-corrected chi connectivity index (χ2v) is 6.45. The monoisotopic (exact) mass is 392 g/mol. The van der Waals surface area contributed by atoms with Crippen LogP contribution in [0.5, 0.6) is 0 Å². The molecular formula is C17H18ClFN6S. The predicted molar refractivity (Wildman–Crippen MR) is 105 cm³/mol. The number of hydrogen-bond acceptors (Lipinski definition) is 3. The van der Waals surface area contributed by atoms with Gasteiger partial charge < -0.3 is 10.6 Å². The molecule has 0 aliphatic carbocycles. The predicted octanol–water partition coefficient (Wildman–Crippen LogP) is 4.06. The van der Waals surface area contributed by atoms with Gasteiger partial charge in [-0.05, 0) is 38.2 Å². The van der Waals surface area contributed by atoms with Gasteiger partial charge in [0.1, 0.15) is 5.82 Å². The highest BCUT2D eigenvalue weighted by Gasteiger charge is 2.10. The summed E-state index contributed by atoms with van der Waals surface area (Å²) in [5, 5.41) is 15.5. The van der Waals surface area contributed by atoms with Crippen LogP contribution in [-0.2, 0) is 13.1 Å². The molecule has 0 aliphatic rings. The highest BCUT2D eigenvalue weighted by Crippen LogP contribution is 2.20. The van der Waals surface area contributed by atoms with Crippen LogP contribution in [-0.4, -0.2) is 24.7 Å². The third kappa shape index (κ3) is 4.03. The Balaban J connectivity index is 1.64. The first-order chi connectivity index (χ1) is 12.5. The summed E-state index contributed by atoms with van der Waals surface area (Å²) in [6.45, 7) is 5.01. The Labute approximate surface area is 161 Å². The minimum Gasteiger partial charge on any atom is -0.330 e. The number of halogens is 2. The molecule has 0 unspecified atom stereocenters. The quantitative estimate of drug-likeness (QED) is 0.641. The fourth-order valence-corrected chi connectivity index (χ4v) is 2.96. The lowest BCUT2D eigenvalue weighted by molar-refractivity contribution is 0.586. The van der Waals surface area contributed by atoms with E-state index >= 15 is 0 Å². The van der Waals surface area contributed by atoms with Gasteiger partial charge >= 0.3 is 0 Å². The first-order valence-electron chi connectivity index (χ1n) is 8.04. The van der Waals surface area contributed by atoms with Gasteiger partial charge in [-0.1, -0.05) is 17.7 Å². The summed E-state index contributed by atoms with van der Waals surface area (Å²) in [6, 6.07) is 6.36. The number of rotatable bonds is 5. The number of anilines is 2. The molecule has 2 N–H and O–H groups in total. The summed E-state index contributed by atoms with van der Waals surface area (Å²) < 4.78 is 17.4. The Hall–Kier alpha value is -2.45. The first kappa shape index (κ1) is 18.3. The van der Waals surface area contributed by atoms with Crippen molar-refractivity contribution < 1.29 is 4.39 Å². The normalized spacial score (nSPS) is 10.8. The van der Waals surface area contributed by atoms with E-state index in [-0.39, 0.29) is 12.4 Å². The summed E-state index contributed by atoms with van der Waals surface area (Å²) in [4.78, 5) is 0. The maximum absolute atomic E-state index is 13.9. The topological polar surface area (TPSA) is 59.7 Å². The van der Waals surface area contributed by atoms with Gasteiger partial charge in [0, 0.05) is 29.4 Å². The molecule has 136 valence electrons. The van der Waals surface area contributed by atoms with E-state index in [0.29, 0.717) is 21.5 Å². The van der Waals surface area contributed by atoms with Crippen molar-refractivity contribution in [1.82, 2.24) is 19.6 Å². The average molecular weight is 393 g/mol. The molecule has 3 aromatic rings. The standard InChI is InChI=1S/C17H18ClFN6S/c1-3-25-11(2)15(9-20-25)21-17(26)22-16-7-8-24(23-16)10-12-13(18)5-4-6-14(12)19/h4-9H,3,10H2,1-2H3,(H2,21,22,23,26). The molecule has 0 aliphatic heterocycles. The van der Waals surface area contributed by atoms with Gasteiger partial charge in [0.25, 0.3) is 0 Å². The molecule has 0 fully saturated rings. The van der Waals surface area contributed by atoms with Crippen LogP contribution < -0.4 is 10.6 Å². The molecule has 0 atom stereocenters. The second-order valence-electron chi connectivity index (χ2n) is 5.64. The van der Waals surface area contributed by atoms with E-state index in [1.807, 2.05) is 18.5 Å². The van der Waals surface area contributed by atoms with E-state index in [1.165, 1.54) is 6.07 Å². The van der Waals surface area contributed by atoms with Crippen LogP contribution in [0.3, 0.4) is 0 Å². The van der Waals surface area contributed by atoms with Gasteiger partial charge in [0.05, 0.1) is 24.1 Å². The number of thiocarbonyl (C=S) groups is 1. The zero-order valence-electron chi connectivity index (χ0n) is 14.3. The van der Waals surface area contributed by atoms with Crippen LogP contribution in [0.2, 0.25) is 5.02 Å².